The third kappa shape index (κ3) is 4.63. The number of amides is 1. The number of carbonyl (C=O) groups is 1. The highest BCUT2D eigenvalue weighted by Crippen LogP contribution is 2.16. The summed E-state index contributed by atoms with van der Waals surface area (Å²) in [5.74, 6) is -0.480. The third-order valence-electron chi connectivity index (χ3n) is 2.95. The molecule has 0 bridgehead atoms. The van der Waals surface area contributed by atoms with Crippen molar-refractivity contribution in [2.75, 3.05) is 6.26 Å². The quantitative estimate of drug-likeness (QED) is 0.858. The molecule has 1 aromatic rings. The van der Waals surface area contributed by atoms with E-state index in [-0.39, 0.29) is 6.04 Å². The van der Waals surface area contributed by atoms with Crippen molar-refractivity contribution in [1.82, 2.24) is 10.3 Å². The monoisotopic (exact) mass is 284 g/mol. The van der Waals surface area contributed by atoms with E-state index in [1.807, 2.05) is 19.1 Å². The highest BCUT2D eigenvalue weighted by molar-refractivity contribution is 7.92. The van der Waals surface area contributed by atoms with Crippen molar-refractivity contribution in [1.29, 1.82) is 0 Å². The van der Waals surface area contributed by atoms with Crippen molar-refractivity contribution in [2.24, 2.45) is 0 Å². The molecule has 6 heteroatoms. The Morgan fingerprint density at radius 2 is 2.11 bits per heavy atom. The van der Waals surface area contributed by atoms with Crippen LogP contribution < -0.4 is 5.32 Å². The smallest absolute Gasteiger partial charge is 0.238 e. The first kappa shape index (κ1) is 15.6. The minimum Gasteiger partial charge on any atom is -0.347 e. The largest absolute Gasteiger partial charge is 0.347 e. The Balaban J connectivity index is 2.83. The SMILES string of the molecule is CCCC(NC(=O)C(C)S(C)(=O)=O)c1ccccn1. The summed E-state index contributed by atoms with van der Waals surface area (Å²) in [6.45, 7) is 3.40. The van der Waals surface area contributed by atoms with Gasteiger partial charge in [0, 0.05) is 12.5 Å². The van der Waals surface area contributed by atoms with Gasteiger partial charge in [0.25, 0.3) is 0 Å². The minimum absolute atomic E-state index is 0.247. The van der Waals surface area contributed by atoms with Gasteiger partial charge >= 0.3 is 0 Å². The summed E-state index contributed by atoms with van der Waals surface area (Å²) in [7, 11) is -3.38. The summed E-state index contributed by atoms with van der Waals surface area (Å²) in [6.07, 6.45) is 4.31. The van der Waals surface area contributed by atoms with Gasteiger partial charge in [0.05, 0.1) is 11.7 Å². The van der Waals surface area contributed by atoms with Crippen LogP contribution in [0, 0.1) is 0 Å². The number of hydrogen-bond acceptors (Lipinski definition) is 4. The van der Waals surface area contributed by atoms with E-state index in [1.54, 1.807) is 12.3 Å². The third-order valence-corrected chi connectivity index (χ3v) is 4.45. The molecule has 1 aromatic heterocycles. The Morgan fingerprint density at radius 3 is 2.58 bits per heavy atom. The zero-order valence-electron chi connectivity index (χ0n) is 11.5. The lowest BCUT2D eigenvalue weighted by Gasteiger charge is -2.19. The zero-order chi connectivity index (χ0) is 14.5. The number of nitrogens with zero attached hydrogens (tertiary/aromatic N) is 1. The van der Waals surface area contributed by atoms with Crippen LogP contribution >= 0.6 is 0 Å². The molecule has 0 radical (unpaired) electrons. The molecular formula is C13H20N2O3S. The Bertz CT molecular complexity index is 514. The second-order valence-corrected chi connectivity index (χ2v) is 6.94. The first-order valence-electron chi connectivity index (χ1n) is 6.26. The Hall–Kier alpha value is -1.43. The van der Waals surface area contributed by atoms with Crippen LogP contribution in [0.1, 0.15) is 38.4 Å². The number of rotatable bonds is 6. The maximum absolute atomic E-state index is 11.9. The number of pyridine rings is 1. The van der Waals surface area contributed by atoms with Crippen molar-refractivity contribution < 1.29 is 13.2 Å². The van der Waals surface area contributed by atoms with Gasteiger partial charge in [0.1, 0.15) is 5.25 Å². The lowest BCUT2D eigenvalue weighted by atomic mass is 10.1. The lowest BCUT2D eigenvalue weighted by molar-refractivity contribution is -0.121. The van der Waals surface area contributed by atoms with Gasteiger partial charge < -0.3 is 5.32 Å². The molecule has 106 valence electrons. The van der Waals surface area contributed by atoms with Crippen LogP contribution in [0.15, 0.2) is 24.4 Å². The summed E-state index contributed by atoms with van der Waals surface area (Å²) in [5.41, 5.74) is 0.749. The van der Waals surface area contributed by atoms with Gasteiger partial charge in [-0.25, -0.2) is 8.42 Å². The normalized spacial score (nSPS) is 14.7. The predicted octanol–water partition coefficient (Wildman–Crippen LogP) is 1.47. The molecule has 0 spiro atoms. The first-order chi connectivity index (χ1) is 8.86. The zero-order valence-corrected chi connectivity index (χ0v) is 12.3. The van der Waals surface area contributed by atoms with E-state index in [1.165, 1.54) is 6.92 Å². The molecule has 2 atom stereocenters. The Morgan fingerprint density at radius 1 is 1.42 bits per heavy atom. The number of nitrogens with one attached hydrogen (secondary N) is 1. The molecule has 0 aliphatic rings. The van der Waals surface area contributed by atoms with Crippen molar-refractivity contribution >= 4 is 15.7 Å². The van der Waals surface area contributed by atoms with Gasteiger partial charge in [0.15, 0.2) is 9.84 Å². The van der Waals surface area contributed by atoms with Crippen molar-refractivity contribution in [3.63, 3.8) is 0 Å². The maximum atomic E-state index is 11.9. The van der Waals surface area contributed by atoms with Crippen LogP contribution in [0.4, 0.5) is 0 Å². The van der Waals surface area contributed by atoms with Gasteiger partial charge in [-0.3, -0.25) is 9.78 Å². The summed E-state index contributed by atoms with van der Waals surface area (Å²) < 4.78 is 22.7. The molecule has 0 saturated heterocycles. The lowest BCUT2D eigenvalue weighted by Crippen LogP contribution is -2.39. The predicted molar refractivity (Wildman–Crippen MR) is 74.3 cm³/mol. The van der Waals surface area contributed by atoms with Crippen LogP contribution in [0.3, 0.4) is 0 Å². The van der Waals surface area contributed by atoms with Crippen LogP contribution in [-0.2, 0) is 14.6 Å². The Labute approximate surface area is 114 Å². The first-order valence-corrected chi connectivity index (χ1v) is 8.22. The van der Waals surface area contributed by atoms with Crippen molar-refractivity contribution in [3.05, 3.63) is 30.1 Å². The van der Waals surface area contributed by atoms with E-state index >= 15 is 0 Å². The fourth-order valence-electron chi connectivity index (χ4n) is 1.65. The average molecular weight is 284 g/mol. The Kier molecular flexibility index (Phi) is 5.47. The van der Waals surface area contributed by atoms with E-state index < -0.39 is 21.0 Å². The second kappa shape index (κ2) is 6.65. The summed E-state index contributed by atoms with van der Waals surface area (Å²) >= 11 is 0. The number of aromatic nitrogens is 1. The number of sulfone groups is 1. The fraction of sp³-hybridized carbons (Fsp3) is 0.538. The topological polar surface area (TPSA) is 76.1 Å². The van der Waals surface area contributed by atoms with Crippen LogP contribution in [0.2, 0.25) is 0 Å². The van der Waals surface area contributed by atoms with Crippen LogP contribution in [-0.4, -0.2) is 30.8 Å². The van der Waals surface area contributed by atoms with Gasteiger partial charge in [0.2, 0.25) is 5.91 Å². The molecular weight excluding hydrogens is 264 g/mol. The van der Waals surface area contributed by atoms with Gasteiger partial charge in [-0.1, -0.05) is 19.4 Å². The molecule has 1 amide bonds. The molecule has 0 aliphatic carbocycles. The van der Waals surface area contributed by atoms with Gasteiger partial charge in [-0.2, -0.15) is 0 Å². The van der Waals surface area contributed by atoms with Gasteiger partial charge in [-0.15, -0.1) is 0 Å². The molecule has 0 fully saturated rings. The summed E-state index contributed by atoms with van der Waals surface area (Å²) in [5, 5.41) is 1.71. The van der Waals surface area contributed by atoms with Crippen molar-refractivity contribution in [3.8, 4) is 0 Å². The van der Waals surface area contributed by atoms with E-state index in [0.717, 1.165) is 24.8 Å². The van der Waals surface area contributed by atoms with E-state index in [2.05, 4.69) is 10.3 Å². The highest BCUT2D eigenvalue weighted by Gasteiger charge is 2.26. The van der Waals surface area contributed by atoms with Crippen LogP contribution in [0.5, 0.6) is 0 Å². The molecule has 19 heavy (non-hydrogen) atoms. The van der Waals surface area contributed by atoms with Crippen molar-refractivity contribution in [2.45, 2.75) is 38.0 Å². The van der Waals surface area contributed by atoms with E-state index in [9.17, 15) is 13.2 Å². The maximum Gasteiger partial charge on any atom is 0.238 e. The summed E-state index contributed by atoms with van der Waals surface area (Å²) in [6, 6.07) is 5.22. The van der Waals surface area contributed by atoms with E-state index in [0.29, 0.717) is 0 Å². The highest BCUT2D eigenvalue weighted by atomic mass is 32.2. The molecule has 1 rings (SSSR count). The molecule has 0 aliphatic heterocycles. The molecule has 2 unspecified atom stereocenters. The molecule has 1 heterocycles. The van der Waals surface area contributed by atoms with E-state index in [4.69, 9.17) is 0 Å². The summed E-state index contributed by atoms with van der Waals surface area (Å²) in [4.78, 5) is 16.1. The standard InChI is InChI=1S/C13H20N2O3S/c1-4-7-12(11-8-5-6-9-14-11)15-13(16)10(2)19(3,17)18/h5-6,8-10,12H,4,7H2,1-3H3,(H,15,16). The molecule has 0 aromatic carbocycles. The second-order valence-electron chi connectivity index (χ2n) is 4.58. The van der Waals surface area contributed by atoms with Gasteiger partial charge in [-0.05, 0) is 25.5 Å². The fourth-order valence-corrected chi connectivity index (χ4v) is 2.11. The minimum atomic E-state index is -3.38. The number of carbonyl (C=O) groups excluding carboxylic acids is 1. The number of hydrogen-bond donors (Lipinski definition) is 1. The van der Waals surface area contributed by atoms with Crippen LogP contribution in [0.25, 0.3) is 0 Å². The molecule has 5 nitrogen and oxygen atoms in total. The molecule has 1 N–H and O–H groups in total. The molecule has 0 saturated carbocycles. The average Bonchev–Trinajstić information content (AvgIpc) is 2.37.